The molecule has 0 radical (unpaired) electrons. The number of hydrogen-bond acceptors (Lipinski definition) is 2. The molecule has 2 aromatic carbocycles. The Morgan fingerprint density at radius 1 is 1.08 bits per heavy atom. The molecule has 1 N–H and O–H groups in total. The fourth-order valence-corrected chi connectivity index (χ4v) is 4.06. The van der Waals surface area contributed by atoms with Gasteiger partial charge in [-0.15, -0.1) is 0 Å². The zero-order chi connectivity index (χ0) is 18.5. The van der Waals surface area contributed by atoms with Crippen LogP contribution < -0.4 is 0 Å². The molecule has 26 heavy (non-hydrogen) atoms. The summed E-state index contributed by atoms with van der Waals surface area (Å²) in [5, 5.41) is 7.49. The number of halogens is 1. The molecule has 0 saturated heterocycles. The standard InChI is InChI=1S/C21H20BrN3O/c1-21(2,3)25-19(14-10-7-11-15(22)12-14)16-17(13-8-5-4-6-9-13)23-24-18(16)20(25)26/h4-12,19H,1-3H3,(H,23,24). The van der Waals surface area contributed by atoms with Gasteiger partial charge in [-0.3, -0.25) is 9.89 Å². The summed E-state index contributed by atoms with van der Waals surface area (Å²) in [6.07, 6.45) is 0. The van der Waals surface area contributed by atoms with Gasteiger partial charge in [-0.25, -0.2) is 0 Å². The first-order valence-corrected chi connectivity index (χ1v) is 9.40. The van der Waals surface area contributed by atoms with Crippen molar-refractivity contribution in [2.45, 2.75) is 32.4 Å². The van der Waals surface area contributed by atoms with E-state index in [0.29, 0.717) is 5.69 Å². The third kappa shape index (κ3) is 2.67. The van der Waals surface area contributed by atoms with Crippen LogP contribution in [-0.2, 0) is 0 Å². The molecule has 2 heterocycles. The van der Waals surface area contributed by atoms with Crippen LogP contribution in [0.25, 0.3) is 11.3 Å². The van der Waals surface area contributed by atoms with Gasteiger partial charge < -0.3 is 4.90 Å². The Labute approximate surface area is 161 Å². The summed E-state index contributed by atoms with van der Waals surface area (Å²) < 4.78 is 0.995. The number of nitrogens with one attached hydrogen (secondary N) is 1. The van der Waals surface area contributed by atoms with E-state index in [4.69, 9.17) is 0 Å². The molecular weight excluding hydrogens is 390 g/mol. The van der Waals surface area contributed by atoms with E-state index in [9.17, 15) is 4.79 Å². The molecule has 0 spiro atoms. The first-order valence-electron chi connectivity index (χ1n) is 8.61. The van der Waals surface area contributed by atoms with Crippen molar-refractivity contribution in [1.29, 1.82) is 0 Å². The number of amides is 1. The molecule has 1 aliphatic rings. The highest BCUT2D eigenvalue weighted by Crippen LogP contribution is 2.46. The SMILES string of the molecule is CC(C)(C)N1C(=O)c2[nH]nc(-c3ccccc3)c2C1c1cccc(Br)c1. The summed E-state index contributed by atoms with van der Waals surface area (Å²) in [6, 6.07) is 18.0. The van der Waals surface area contributed by atoms with E-state index in [2.05, 4.69) is 59.0 Å². The second-order valence-corrected chi connectivity index (χ2v) is 8.45. The van der Waals surface area contributed by atoms with Crippen LogP contribution in [-0.4, -0.2) is 26.5 Å². The summed E-state index contributed by atoms with van der Waals surface area (Å²) in [5.74, 6) is -0.00726. The minimum atomic E-state index is -0.322. The summed E-state index contributed by atoms with van der Waals surface area (Å²) in [7, 11) is 0. The van der Waals surface area contributed by atoms with Crippen LogP contribution in [0.5, 0.6) is 0 Å². The monoisotopic (exact) mass is 409 g/mol. The minimum Gasteiger partial charge on any atom is -0.321 e. The molecule has 4 nitrogen and oxygen atoms in total. The van der Waals surface area contributed by atoms with Gasteiger partial charge in [-0.05, 0) is 38.5 Å². The first kappa shape index (κ1) is 17.0. The van der Waals surface area contributed by atoms with E-state index in [1.165, 1.54) is 0 Å². The van der Waals surface area contributed by atoms with Crippen molar-refractivity contribution in [3.8, 4) is 11.3 Å². The Kier molecular flexibility index (Phi) is 3.99. The predicted octanol–water partition coefficient (Wildman–Crippen LogP) is 5.18. The number of benzene rings is 2. The molecule has 1 unspecified atom stereocenters. The van der Waals surface area contributed by atoms with Crippen molar-refractivity contribution < 1.29 is 4.79 Å². The maximum Gasteiger partial charge on any atom is 0.273 e. The molecule has 0 bridgehead atoms. The molecule has 1 aliphatic heterocycles. The molecule has 0 saturated carbocycles. The lowest BCUT2D eigenvalue weighted by Gasteiger charge is -2.37. The van der Waals surface area contributed by atoms with Crippen molar-refractivity contribution in [2.75, 3.05) is 0 Å². The third-order valence-corrected chi connectivity index (χ3v) is 5.20. The van der Waals surface area contributed by atoms with Crippen LogP contribution in [0.15, 0.2) is 59.1 Å². The number of fused-ring (bicyclic) bond motifs is 1. The molecule has 5 heteroatoms. The van der Waals surface area contributed by atoms with Gasteiger partial charge >= 0.3 is 0 Å². The molecule has 1 amide bonds. The van der Waals surface area contributed by atoms with E-state index in [1.807, 2.05) is 47.4 Å². The zero-order valence-electron chi connectivity index (χ0n) is 15.0. The third-order valence-electron chi connectivity index (χ3n) is 4.70. The number of rotatable bonds is 2. The lowest BCUT2D eigenvalue weighted by molar-refractivity contribution is 0.0546. The van der Waals surface area contributed by atoms with Crippen molar-refractivity contribution in [3.63, 3.8) is 0 Å². The van der Waals surface area contributed by atoms with Gasteiger partial charge in [0.25, 0.3) is 5.91 Å². The molecule has 1 atom stereocenters. The average molecular weight is 410 g/mol. The Balaban J connectivity index is 1.96. The maximum absolute atomic E-state index is 13.2. The number of hydrogen-bond donors (Lipinski definition) is 1. The summed E-state index contributed by atoms with van der Waals surface area (Å²) in [6.45, 7) is 6.20. The Morgan fingerprint density at radius 3 is 2.46 bits per heavy atom. The molecule has 3 aromatic rings. The summed E-state index contributed by atoms with van der Waals surface area (Å²) in [5.41, 5.74) is 4.13. The van der Waals surface area contributed by atoms with Gasteiger partial charge in [0.15, 0.2) is 0 Å². The molecule has 0 aliphatic carbocycles. The summed E-state index contributed by atoms with van der Waals surface area (Å²) in [4.78, 5) is 15.1. The quantitative estimate of drug-likeness (QED) is 0.633. The fraction of sp³-hybridized carbons (Fsp3) is 0.238. The van der Waals surface area contributed by atoms with Crippen molar-refractivity contribution in [1.82, 2.24) is 15.1 Å². The van der Waals surface area contributed by atoms with E-state index < -0.39 is 0 Å². The highest BCUT2D eigenvalue weighted by atomic mass is 79.9. The zero-order valence-corrected chi connectivity index (χ0v) is 16.5. The topological polar surface area (TPSA) is 49.0 Å². The number of aromatic amines is 1. The van der Waals surface area contributed by atoms with E-state index >= 15 is 0 Å². The van der Waals surface area contributed by atoms with Gasteiger partial charge in [-0.1, -0.05) is 58.4 Å². The van der Waals surface area contributed by atoms with Crippen LogP contribution in [0.3, 0.4) is 0 Å². The number of aromatic nitrogens is 2. The Morgan fingerprint density at radius 2 is 1.81 bits per heavy atom. The van der Waals surface area contributed by atoms with E-state index in [-0.39, 0.29) is 17.5 Å². The smallest absolute Gasteiger partial charge is 0.273 e. The van der Waals surface area contributed by atoms with Gasteiger partial charge in [-0.2, -0.15) is 5.10 Å². The Hall–Kier alpha value is -2.40. The second-order valence-electron chi connectivity index (χ2n) is 7.53. The predicted molar refractivity (Wildman–Crippen MR) is 106 cm³/mol. The first-order chi connectivity index (χ1) is 12.4. The molecule has 1 aromatic heterocycles. The fourth-order valence-electron chi connectivity index (χ4n) is 3.65. The second kappa shape index (κ2) is 6.09. The van der Waals surface area contributed by atoms with Gasteiger partial charge in [0.2, 0.25) is 0 Å². The molecule has 132 valence electrons. The van der Waals surface area contributed by atoms with Crippen molar-refractivity contribution in [2.24, 2.45) is 0 Å². The summed E-state index contributed by atoms with van der Waals surface area (Å²) >= 11 is 3.56. The number of nitrogens with zero attached hydrogens (tertiary/aromatic N) is 2. The van der Waals surface area contributed by atoms with Gasteiger partial charge in [0.1, 0.15) is 5.69 Å². The molecule has 4 rings (SSSR count). The normalized spacial score (nSPS) is 16.8. The number of H-pyrrole nitrogens is 1. The van der Waals surface area contributed by atoms with E-state index in [0.717, 1.165) is 26.9 Å². The molecule has 0 fully saturated rings. The van der Waals surface area contributed by atoms with Gasteiger partial charge in [0.05, 0.1) is 11.7 Å². The van der Waals surface area contributed by atoms with Crippen LogP contribution >= 0.6 is 15.9 Å². The number of carbonyl (C=O) groups excluding carboxylic acids is 1. The van der Waals surface area contributed by atoms with Crippen molar-refractivity contribution in [3.05, 3.63) is 75.9 Å². The van der Waals surface area contributed by atoms with E-state index in [1.54, 1.807) is 0 Å². The Bertz CT molecular complexity index is 972. The van der Waals surface area contributed by atoms with Crippen LogP contribution in [0.1, 0.15) is 48.4 Å². The van der Waals surface area contributed by atoms with Crippen LogP contribution in [0, 0.1) is 0 Å². The maximum atomic E-state index is 13.2. The van der Waals surface area contributed by atoms with Crippen molar-refractivity contribution >= 4 is 21.8 Å². The van der Waals surface area contributed by atoms with Crippen LogP contribution in [0.2, 0.25) is 0 Å². The number of carbonyl (C=O) groups is 1. The lowest BCUT2D eigenvalue weighted by Crippen LogP contribution is -2.44. The lowest BCUT2D eigenvalue weighted by atomic mass is 9.94. The highest BCUT2D eigenvalue weighted by Gasteiger charge is 2.46. The van der Waals surface area contributed by atoms with Crippen LogP contribution in [0.4, 0.5) is 0 Å². The van der Waals surface area contributed by atoms with Gasteiger partial charge in [0, 0.05) is 21.1 Å². The largest absolute Gasteiger partial charge is 0.321 e. The average Bonchev–Trinajstić information content (AvgIpc) is 3.14. The highest BCUT2D eigenvalue weighted by molar-refractivity contribution is 9.10. The molecular formula is C21H20BrN3O. The minimum absolute atomic E-state index is 0.00726.